The maximum absolute atomic E-state index is 13.0. The van der Waals surface area contributed by atoms with Crippen molar-refractivity contribution in [2.75, 3.05) is 11.9 Å². The van der Waals surface area contributed by atoms with Gasteiger partial charge in [-0.2, -0.15) is 0 Å². The average Bonchev–Trinajstić information content (AvgIpc) is 2.11. The third-order valence-corrected chi connectivity index (χ3v) is 2.25. The Morgan fingerprint density at radius 3 is 2.85 bits per heavy atom. The molecule has 4 heteroatoms. The number of aliphatic hydroxyl groups excluding tert-OH is 1. The van der Waals surface area contributed by atoms with Crippen molar-refractivity contribution in [3.05, 3.63) is 28.5 Å². The summed E-state index contributed by atoms with van der Waals surface area (Å²) >= 11 is 3.06. The molecule has 1 rings (SSSR count). The van der Waals surface area contributed by atoms with Gasteiger partial charge in [-0.1, -0.05) is 0 Å². The standard InChI is InChI=1S/C9H11BrFNO/c1-6(5-13)12-7-2-3-8(10)9(11)4-7/h2-4,6,12-13H,5H2,1H3. The SMILES string of the molecule is CC(CO)Nc1ccc(Br)c(F)c1. The van der Waals surface area contributed by atoms with Crippen LogP contribution in [0.3, 0.4) is 0 Å². The minimum absolute atomic E-state index is 0.0255. The van der Waals surface area contributed by atoms with Crippen LogP contribution in [0.4, 0.5) is 10.1 Å². The fourth-order valence-electron chi connectivity index (χ4n) is 0.916. The zero-order valence-electron chi connectivity index (χ0n) is 7.22. The lowest BCUT2D eigenvalue weighted by Crippen LogP contribution is -2.19. The summed E-state index contributed by atoms with van der Waals surface area (Å²) in [6.45, 7) is 1.84. The molecule has 0 radical (unpaired) electrons. The molecule has 13 heavy (non-hydrogen) atoms. The van der Waals surface area contributed by atoms with Crippen molar-refractivity contribution in [3.63, 3.8) is 0 Å². The number of anilines is 1. The molecule has 0 saturated carbocycles. The first-order valence-corrected chi connectivity index (χ1v) is 4.75. The lowest BCUT2D eigenvalue weighted by molar-refractivity contribution is 0.281. The Bertz CT molecular complexity index is 293. The zero-order chi connectivity index (χ0) is 9.84. The first-order chi connectivity index (χ1) is 6.13. The molecule has 2 N–H and O–H groups in total. The van der Waals surface area contributed by atoms with Crippen molar-refractivity contribution in [2.45, 2.75) is 13.0 Å². The first kappa shape index (κ1) is 10.5. The molecule has 0 saturated heterocycles. The van der Waals surface area contributed by atoms with E-state index >= 15 is 0 Å². The van der Waals surface area contributed by atoms with Gasteiger partial charge in [0.2, 0.25) is 0 Å². The van der Waals surface area contributed by atoms with E-state index in [1.807, 2.05) is 6.92 Å². The molecule has 1 atom stereocenters. The molecular formula is C9H11BrFNO. The van der Waals surface area contributed by atoms with E-state index in [0.717, 1.165) is 0 Å². The Morgan fingerprint density at radius 2 is 2.31 bits per heavy atom. The van der Waals surface area contributed by atoms with Crippen LogP contribution in [0.25, 0.3) is 0 Å². The van der Waals surface area contributed by atoms with Crippen LogP contribution in [0, 0.1) is 5.82 Å². The van der Waals surface area contributed by atoms with E-state index in [4.69, 9.17) is 5.11 Å². The predicted octanol–water partition coefficient (Wildman–Crippen LogP) is 2.38. The number of rotatable bonds is 3. The molecule has 0 spiro atoms. The van der Waals surface area contributed by atoms with E-state index < -0.39 is 0 Å². The second kappa shape index (κ2) is 4.58. The van der Waals surface area contributed by atoms with E-state index in [1.165, 1.54) is 6.07 Å². The zero-order valence-corrected chi connectivity index (χ0v) is 8.81. The maximum Gasteiger partial charge on any atom is 0.139 e. The van der Waals surface area contributed by atoms with Gasteiger partial charge in [0.1, 0.15) is 5.82 Å². The van der Waals surface area contributed by atoms with Crippen molar-refractivity contribution in [1.29, 1.82) is 0 Å². The highest BCUT2D eigenvalue weighted by Gasteiger charge is 2.02. The summed E-state index contributed by atoms with van der Waals surface area (Å²) in [4.78, 5) is 0. The van der Waals surface area contributed by atoms with Crippen LogP contribution >= 0.6 is 15.9 Å². The van der Waals surface area contributed by atoms with Gasteiger partial charge in [0.25, 0.3) is 0 Å². The van der Waals surface area contributed by atoms with E-state index in [1.54, 1.807) is 12.1 Å². The van der Waals surface area contributed by atoms with Crippen molar-refractivity contribution in [3.8, 4) is 0 Å². The van der Waals surface area contributed by atoms with E-state index in [2.05, 4.69) is 21.2 Å². The molecule has 1 unspecified atom stereocenters. The van der Waals surface area contributed by atoms with Gasteiger partial charge in [0.05, 0.1) is 11.1 Å². The Balaban J connectivity index is 2.73. The molecular weight excluding hydrogens is 237 g/mol. The topological polar surface area (TPSA) is 32.3 Å². The largest absolute Gasteiger partial charge is 0.394 e. The summed E-state index contributed by atoms with van der Waals surface area (Å²) in [7, 11) is 0. The van der Waals surface area contributed by atoms with Crippen LogP contribution in [0.1, 0.15) is 6.92 Å². The van der Waals surface area contributed by atoms with Gasteiger partial charge in [-0.05, 0) is 41.1 Å². The van der Waals surface area contributed by atoms with Gasteiger partial charge in [-0.3, -0.25) is 0 Å². The van der Waals surface area contributed by atoms with Crippen molar-refractivity contribution in [1.82, 2.24) is 0 Å². The molecule has 0 aliphatic carbocycles. The quantitative estimate of drug-likeness (QED) is 0.860. The fourth-order valence-corrected chi connectivity index (χ4v) is 1.16. The van der Waals surface area contributed by atoms with E-state index in [0.29, 0.717) is 10.2 Å². The van der Waals surface area contributed by atoms with Crippen molar-refractivity contribution < 1.29 is 9.50 Å². The first-order valence-electron chi connectivity index (χ1n) is 3.96. The molecule has 0 fully saturated rings. The lowest BCUT2D eigenvalue weighted by Gasteiger charge is -2.12. The summed E-state index contributed by atoms with van der Waals surface area (Å²) in [6, 6.07) is 4.69. The Morgan fingerprint density at radius 1 is 1.62 bits per heavy atom. The summed E-state index contributed by atoms with van der Waals surface area (Å²) in [5, 5.41) is 11.7. The summed E-state index contributed by atoms with van der Waals surface area (Å²) < 4.78 is 13.4. The second-order valence-corrected chi connectivity index (χ2v) is 3.71. The van der Waals surface area contributed by atoms with Crippen molar-refractivity contribution in [2.24, 2.45) is 0 Å². The predicted molar refractivity (Wildman–Crippen MR) is 54.3 cm³/mol. The highest BCUT2D eigenvalue weighted by Crippen LogP contribution is 2.19. The van der Waals surface area contributed by atoms with E-state index in [-0.39, 0.29) is 18.5 Å². The molecule has 0 heterocycles. The molecule has 0 aromatic heterocycles. The van der Waals surface area contributed by atoms with Crippen LogP contribution in [0.5, 0.6) is 0 Å². The van der Waals surface area contributed by atoms with Crippen LogP contribution in [-0.4, -0.2) is 17.8 Å². The summed E-state index contributed by atoms with van der Waals surface area (Å²) in [5.41, 5.74) is 0.669. The van der Waals surface area contributed by atoms with Gasteiger partial charge in [0, 0.05) is 11.7 Å². The van der Waals surface area contributed by atoms with Crippen LogP contribution in [0.2, 0.25) is 0 Å². The highest BCUT2D eigenvalue weighted by molar-refractivity contribution is 9.10. The monoisotopic (exact) mass is 247 g/mol. The maximum atomic E-state index is 13.0. The van der Waals surface area contributed by atoms with E-state index in [9.17, 15) is 4.39 Å². The molecule has 2 nitrogen and oxygen atoms in total. The number of benzene rings is 1. The smallest absolute Gasteiger partial charge is 0.139 e. The Hall–Kier alpha value is -0.610. The third-order valence-electron chi connectivity index (χ3n) is 1.61. The van der Waals surface area contributed by atoms with Crippen LogP contribution < -0.4 is 5.32 Å². The lowest BCUT2D eigenvalue weighted by atomic mass is 10.2. The summed E-state index contributed by atoms with van der Waals surface area (Å²) in [5.74, 6) is -0.310. The number of aliphatic hydroxyl groups is 1. The minimum atomic E-state index is -0.310. The molecule has 1 aromatic rings. The normalized spacial score (nSPS) is 12.6. The van der Waals surface area contributed by atoms with Crippen LogP contribution in [0.15, 0.2) is 22.7 Å². The number of nitrogens with one attached hydrogen (secondary N) is 1. The van der Waals surface area contributed by atoms with Gasteiger partial charge in [-0.25, -0.2) is 4.39 Å². The Labute approximate surface area is 84.9 Å². The van der Waals surface area contributed by atoms with Crippen molar-refractivity contribution >= 4 is 21.6 Å². The van der Waals surface area contributed by atoms with Gasteiger partial charge in [0.15, 0.2) is 0 Å². The number of hydrogen-bond acceptors (Lipinski definition) is 2. The summed E-state index contributed by atoms with van der Waals surface area (Å²) in [6.07, 6.45) is 0. The molecule has 0 aliphatic heterocycles. The highest BCUT2D eigenvalue weighted by atomic mass is 79.9. The Kier molecular flexibility index (Phi) is 3.69. The molecule has 0 bridgehead atoms. The average molecular weight is 248 g/mol. The van der Waals surface area contributed by atoms with Gasteiger partial charge < -0.3 is 10.4 Å². The molecule has 0 aliphatic rings. The second-order valence-electron chi connectivity index (χ2n) is 2.86. The minimum Gasteiger partial charge on any atom is -0.394 e. The fraction of sp³-hybridized carbons (Fsp3) is 0.333. The molecule has 72 valence electrons. The van der Waals surface area contributed by atoms with Gasteiger partial charge in [-0.15, -0.1) is 0 Å². The molecule has 0 amide bonds. The molecule has 1 aromatic carbocycles. The number of hydrogen-bond donors (Lipinski definition) is 2. The van der Waals surface area contributed by atoms with Gasteiger partial charge >= 0.3 is 0 Å². The number of halogens is 2. The third kappa shape index (κ3) is 2.97. The van der Waals surface area contributed by atoms with Crippen LogP contribution in [-0.2, 0) is 0 Å².